The second-order valence-corrected chi connectivity index (χ2v) is 21.1. The number of benzene rings is 9. The zero-order valence-corrected chi connectivity index (χ0v) is 31.8. The average molecular weight is 706 g/mol. The second-order valence-electron chi connectivity index (χ2n) is 16.0. The summed E-state index contributed by atoms with van der Waals surface area (Å²) >= 11 is 0. The van der Waals surface area contributed by atoms with E-state index in [2.05, 4.69) is 207 Å². The van der Waals surface area contributed by atoms with Crippen LogP contribution in [-0.4, -0.2) is 8.07 Å². The first-order valence-electron chi connectivity index (χ1n) is 19.1. The van der Waals surface area contributed by atoms with Gasteiger partial charge >= 0.3 is 0 Å². The first kappa shape index (κ1) is 31.3. The van der Waals surface area contributed by atoms with Gasteiger partial charge in [0.15, 0.2) is 0 Å². The average Bonchev–Trinajstić information content (AvgIpc) is 3.69. The lowest BCUT2D eigenvalue weighted by atomic mass is 9.68. The van der Waals surface area contributed by atoms with E-state index in [-0.39, 0.29) is 0 Å². The molecule has 0 bridgehead atoms. The normalized spacial score (nSPS) is 13.6. The highest BCUT2D eigenvalue weighted by Gasteiger charge is 2.53. The summed E-state index contributed by atoms with van der Waals surface area (Å²) in [6.45, 7) is 7.24. The fraction of sp³-hybridized carbons (Fsp3) is 0.0769. The standard InChI is InChI=1S/C52H39NSi/c1-54(2,3)38-29-26-36(27-30-38)53(35-15-5-4-6-16-35)37-28-32-39-34(33-37)25-31-46-49-44-21-9-7-17-40(44)41-18-8-10-22-45(41)51(49)52(50(39)46)47-23-13-11-19-42(47)43-20-12-14-24-48(43)52/h4-33H,1-3H3. The minimum absolute atomic E-state index is 0.478. The van der Waals surface area contributed by atoms with Gasteiger partial charge in [0.1, 0.15) is 0 Å². The maximum Gasteiger partial charge on any atom is 0.0775 e. The van der Waals surface area contributed by atoms with E-state index in [1.165, 1.54) is 87.7 Å². The number of hydrogen-bond donors (Lipinski definition) is 0. The highest BCUT2D eigenvalue weighted by Crippen LogP contribution is 2.66. The predicted molar refractivity (Wildman–Crippen MR) is 233 cm³/mol. The van der Waals surface area contributed by atoms with E-state index in [1.807, 2.05) is 0 Å². The van der Waals surface area contributed by atoms with Crippen molar-refractivity contribution >= 4 is 62.6 Å². The van der Waals surface area contributed by atoms with Gasteiger partial charge in [-0.3, -0.25) is 0 Å². The van der Waals surface area contributed by atoms with Crippen molar-refractivity contribution in [1.29, 1.82) is 0 Å². The van der Waals surface area contributed by atoms with Gasteiger partial charge in [0.25, 0.3) is 0 Å². The molecule has 0 radical (unpaired) electrons. The third kappa shape index (κ3) is 4.20. The molecule has 2 aliphatic rings. The molecule has 0 aliphatic heterocycles. The van der Waals surface area contributed by atoms with Gasteiger partial charge in [-0.2, -0.15) is 0 Å². The van der Waals surface area contributed by atoms with Crippen LogP contribution in [0.5, 0.6) is 0 Å². The molecule has 256 valence electrons. The van der Waals surface area contributed by atoms with Crippen molar-refractivity contribution in [2.24, 2.45) is 0 Å². The molecule has 0 aromatic heterocycles. The van der Waals surface area contributed by atoms with Crippen molar-refractivity contribution in [3.05, 3.63) is 204 Å². The van der Waals surface area contributed by atoms with E-state index >= 15 is 0 Å². The summed E-state index contributed by atoms with van der Waals surface area (Å²) in [6, 6.07) is 68.6. The van der Waals surface area contributed by atoms with Crippen molar-refractivity contribution in [2.75, 3.05) is 4.90 Å². The lowest BCUT2D eigenvalue weighted by Gasteiger charge is -2.33. The van der Waals surface area contributed by atoms with Crippen molar-refractivity contribution in [2.45, 2.75) is 25.1 Å². The molecule has 2 aliphatic carbocycles. The Hall–Kier alpha value is -6.22. The smallest absolute Gasteiger partial charge is 0.0775 e. The predicted octanol–water partition coefficient (Wildman–Crippen LogP) is 13.5. The molecule has 0 fully saturated rings. The van der Waals surface area contributed by atoms with Crippen LogP contribution >= 0.6 is 0 Å². The van der Waals surface area contributed by atoms with E-state index in [4.69, 9.17) is 0 Å². The van der Waals surface area contributed by atoms with Crippen molar-refractivity contribution in [3.63, 3.8) is 0 Å². The topological polar surface area (TPSA) is 3.24 Å². The summed E-state index contributed by atoms with van der Waals surface area (Å²) in [5.41, 5.74) is 13.9. The van der Waals surface area contributed by atoms with Crippen LogP contribution in [0.25, 0.3) is 54.6 Å². The van der Waals surface area contributed by atoms with Gasteiger partial charge in [0.05, 0.1) is 13.5 Å². The Labute approximate surface area is 317 Å². The molecule has 1 spiro atoms. The summed E-state index contributed by atoms with van der Waals surface area (Å²) in [7, 11) is -1.44. The molecule has 0 heterocycles. The molecular weight excluding hydrogens is 667 g/mol. The van der Waals surface area contributed by atoms with Gasteiger partial charge in [0.2, 0.25) is 0 Å². The first-order valence-corrected chi connectivity index (χ1v) is 22.6. The Morgan fingerprint density at radius 1 is 0.389 bits per heavy atom. The van der Waals surface area contributed by atoms with Crippen LogP contribution in [0.1, 0.15) is 22.3 Å². The van der Waals surface area contributed by atoms with E-state index in [9.17, 15) is 0 Å². The van der Waals surface area contributed by atoms with Gasteiger partial charge in [-0.05, 0) is 113 Å². The van der Waals surface area contributed by atoms with E-state index in [0.717, 1.165) is 11.4 Å². The minimum atomic E-state index is -1.44. The maximum absolute atomic E-state index is 2.43. The Kier molecular flexibility index (Phi) is 6.60. The lowest BCUT2D eigenvalue weighted by Crippen LogP contribution is -2.37. The molecule has 0 saturated heterocycles. The number of para-hydroxylation sites is 1. The van der Waals surface area contributed by atoms with Gasteiger partial charge in [-0.25, -0.2) is 0 Å². The third-order valence-electron chi connectivity index (χ3n) is 12.2. The minimum Gasteiger partial charge on any atom is -0.310 e. The highest BCUT2D eigenvalue weighted by atomic mass is 28.3. The van der Waals surface area contributed by atoms with Crippen LogP contribution in [0.3, 0.4) is 0 Å². The van der Waals surface area contributed by atoms with Crippen LogP contribution in [0.2, 0.25) is 19.6 Å². The molecule has 54 heavy (non-hydrogen) atoms. The zero-order valence-electron chi connectivity index (χ0n) is 30.8. The SMILES string of the molecule is C[Si](C)(C)c1ccc(N(c2ccccc2)c2ccc3c4c(ccc3c2)-c2c(c3ccccc3c3ccccc23)C42c3ccccc3-c3ccccc32)cc1. The Morgan fingerprint density at radius 2 is 0.926 bits per heavy atom. The fourth-order valence-corrected chi connectivity index (χ4v) is 11.1. The third-order valence-corrected chi connectivity index (χ3v) is 14.2. The Morgan fingerprint density at radius 3 is 1.59 bits per heavy atom. The largest absolute Gasteiger partial charge is 0.310 e. The molecule has 9 aromatic carbocycles. The molecule has 0 amide bonds. The molecule has 11 rings (SSSR count). The summed E-state index contributed by atoms with van der Waals surface area (Å²) in [5.74, 6) is 0. The van der Waals surface area contributed by atoms with Crippen molar-refractivity contribution in [1.82, 2.24) is 0 Å². The molecule has 0 N–H and O–H groups in total. The van der Waals surface area contributed by atoms with E-state index < -0.39 is 13.5 Å². The molecule has 2 heteroatoms. The number of rotatable bonds is 4. The van der Waals surface area contributed by atoms with Gasteiger partial charge in [-0.1, -0.05) is 170 Å². The zero-order chi connectivity index (χ0) is 36.2. The maximum atomic E-state index is 2.43. The Balaban J connectivity index is 1.24. The van der Waals surface area contributed by atoms with Crippen molar-refractivity contribution < 1.29 is 0 Å². The molecule has 1 nitrogen and oxygen atoms in total. The highest BCUT2D eigenvalue weighted by molar-refractivity contribution is 6.88. The Bertz CT molecular complexity index is 2920. The fourth-order valence-electron chi connectivity index (χ4n) is 9.91. The second kappa shape index (κ2) is 11.4. The monoisotopic (exact) mass is 705 g/mol. The molecule has 0 atom stereocenters. The van der Waals surface area contributed by atoms with Crippen LogP contribution in [0.4, 0.5) is 17.1 Å². The van der Waals surface area contributed by atoms with Crippen LogP contribution in [0, 0.1) is 0 Å². The summed E-state index contributed by atoms with van der Waals surface area (Å²) in [4.78, 5) is 2.41. The van der Waals surface area contributed by atoms with E-state index in [0.29, 0.717) is 0 Å². The van der Waals surface area contributed by atoms with Gasteiger partial charge in [0, 0.05) is 17.1 Å². The molecule has 9 aromatic rings. The molecular formula is C52H39NSi. The quantitative estimate of drug-likeness (QED) is 0.130. The van der Waals surface area contributed by atoms with E-state index in [1.54, 1.807) is 0 Å². The van der Waals surface area contributed by atoms with Crippen LogP contribution < -0.4 is 10.1 Å². The number of nitrogens with zero attached hydrogens (tertiary/aromatic N) is 1. The number of fused-ring (bicyclic) bond motifs is 17. The summed E-state index contributed by atoms with van der Waals surface area (Å²) in [6.07, 6.45) is 0. The summed E-state index contributed by atoms with van der Waals surface area (Å²) in [5, 5.41) is 9.28. The van der Waals surface area contributed by atoms with Crippen LogP contribution in [-0.2, 0) is 5.41 Å². The molecule has 0 saturated carbocycles. The van der Waals surface area contributed by atoms with Crippen LogP contribution in [0.15, 0.2) is 182 Å². The van der Waals surface area contributed by atoms with Gasteiger partial charge in [-0.15, -0.1) is 0 Å². The van der Waals surface area contributed by atoms with Gasteiger partial charge < -0.3 is 4.90 Å². The number of anilines is 3. The summed E-state index contributed by atoms with van der Waals surface area (Å²) < 4.78 is 0. The van der Waals surface area contributed by atoms with Crippen molar-refractivity contribution in [3.8, 4) is 22.3 Å². The number of hydrogen-bond acceptors (Lipinski definition) is 1. The first-order chi connectivity index (χ1) is 26.4. The molecule has 0 unspecified atom stereocenters. The lowest BCUT2D eigenvalue weighted by molar-refractivity contribution is 0.809.